The van der Waals surface area contributed by atoms with Crippen LogP contribution in [0.2, 0.25) is 0 Å². The van der Waals surface area contributed by atoms with Crippen molar-refractivity contribution in [3.05, 3.63) is 34.9 Å². The molecule has 2 unspecified atom stereocenters. The Bertz CT molecular complexity index is 392. The minimum atomic E-state index is -0.662. The van der Waals surface area contributed by atoms with Gasteiger partial charge in [-0.25, -0.2) is 0 Å². The lowest BCUT2D eigenvalue weighted by molar-refractivity contribution is 0.129. The largest absolute Gasteiger partial charge is 0.387 e. The molecule has 16 heavy (non-hydrogen) atoms. The Morgan fingerprint density at radius 2 is 2.06 bits per heavy atom. The van der Waals surface area contributed by atoms with Crippen molar-refractivity contribution in [2.45, 2.75) is 39.7 Å². The topological polar surface area (TPSA) is 44.0 Å². The first-order chi connectivity index (χ1) is 7.60. The minimum absolute atomic E-state index is 0.300. The quantitative estimate of drug-likeness (QED) is 0.841. The van der Waals surface area contributed by atoms with E-state index in [9.17, 15) is 5.11 Å². The van der Waals surface area contributed by atoms with Crippen molar-refractivity contribution in [1.29, 1.82) is 5.26 Å². The molecule has 2 atom stereocenters. The monoisotopic (exact) mass is 217 g/mol. The third-order valence-corrected chi connectivity index (χ3v) is 2.89. The molecule has 1 aromatic carbocycles. The van der Waals surface area contributed by atoms with E-state index in [-0.39, 0.29) is 5.92 Å². The van der Waals surface area contributed by atoms with E-state index < -0.39 is 6.10 Å². The van der Waals surface area contributed by atoms with E-state index in [0.717, 1.165) is 24.0 Å². The first-order valence-corrected chi connectivity index (χ1v) is 5.75. The molecule has 0 saturated heterocycles. The molecular weight excluding hydrogens is 198 g/mol. The number of rotatable bonds is 4. The van der Waals surface area contributed by atoms with Gasteiger partial charge >= 0.3 is 0 Å². The molecule has 0 amide bonds. The molecule has 1 rings (SSSR count). The van der Waals surface area contributed by atoms with E-state index in [1.165, 1.54) is 5.56 Å². The van der Waals surface area contributed by atoms with Gasteiger partial charge < -0.3 is 5.11 Å². The molecule has 0 aliphatic carbocycles. The van der Waals surface area contributed by atoms with Crippen molar-refractivity contribution in [3.8, 4) is 6.07 Å². The van der Waals surface area contributed by atoms with E-state index in [4.69, 9.17) is 5.26 Å². The van der Waals surface area contributed by atoms with E-state index in [0.29, 0.717) is 0 Å². The molecule has 0 bridgehead atoms. The zero-order chi connectivity index (χ0) is 12.1. The summed E-state index contributed by atoms with van der Waals surface area (Å²) >= 11 is 0. The van der Waals surface area contributed by atoms with Gasteiger partial charge in [0.25, 0.3) is 0 Å². The third kappa shape index (κ3) is 2.84. The summed E-state index contributed by atoms with van der Waals surface area (Å²) in [5.74, 6) is -0.300. The van der Waals surface area contributed by atoms with Gasteiger partial charge in [0.15, 0.2) is 0 Å². The fraction of sp³-hybridized carbons (Fsp3) is 0.500. The smallest absolute Gasteiger partial charge is 0.0950 e. The molecule has 2 nitrogen and oxygen atoms in total. The molecule has 2 heteroatoms. The molecule has 86 valence electrons. The predicted octanol–water partition coefficient (Wildman–Crippen LogP) is 3.28. The lowest BCUT2D eigenvalue weighted by Crippen LogP contribution is -2.12. The van der Waals surface area contributed by atoms with Crippen LogP contribution in [0.3, 0.4) is 0 Å². The van der Waals surface area contributed by atoms with Crippen molar-refractivity contribution < 1.29 is 5.11 Å². The highest BCUT2D eigenvalue weighted by Gasteiger charge is 2.21. The second-order valence-electron chi connectivity index (χ2n) is 4.33. The van der Waals surface area contributed by atoms with Gasteiger partial charge in [0.1, 0.15) is 0 Å². The molecule has 0 aliphatic heterocycles. The number of aliphatic hydroxyl groups excluding tert-OH is 1. The average Bonchev–Trinajstić information content (AvgIpc) is 2.25. The van der Waals surface area contributed by atoms with Crippen molar-refractivity contribution >= 4 is 0 Å². The zero-order valence-corrected chi connectivity index (χ0v) is 10.2. The normalized spacial score (nSPS) is 14.2. The van der Waals surface area contributed by atoms with Crippen LogP contribution in [0.15, 0.2) is 18.2 Å². The summed E-state index contributed by atoms with van der Waals surface area (Å²) < 4.78 is 0. The summed E-state index contributed by atoms with van der Waals surface area (Å²) in [5.41, 5.74) is 3.12. The third-order valence-electron chi connectivity index (χ3n) is 2.89. The summed E-state index contributed by atoms with van der Waals surface area (Å²) in [4.78, 5) is 0. The molecule has 0 aliphatic rings. The lowest BCUT2D eigenvalue weighted by Gasteiger charge is -2.18. The maximum Gasteiger partial charge on any atom is 0.0950 e. The van der Waals surface area contributed by atoms with Crippen LogP contribution in [0.4, 0.5) is 0 Å². The van der Waals surface area contributed by atoms with Crippen LogP contribution in [-0.4, -0.2) is 5.11 Å². The van der Waals surface area contributed by atoms with Crippen LogP contribution in [0.5, 0.6) is 0 Å². The number of nitriles is 1. The van der Waals surface area contributed by atoms with E-state index in [1.807, 2.05) is 39.0 Å². The van der Waals surface area contributed by atoms with Crippen LogP contribution >= 0.6 is 0 Å². The van der Waals surface area contributed by atoms with E-state index >= 15 is 0 Å². The summed E-state index contributed by atoms with van der Waals surface area (Å²) in [6.07, 6.45) is 0.996. The van der Waals surface area contributed by atoms with Crippen molar-refractivity contribution in [2.24, 2.45) is 5.92 Å². The maximum absolute atomic E-state index is 10.2. The van der Waals surface area contributed by atoms with Gasteiger partial charge in [-0.15, -0.1) is 0 Å². The number of nitrogens with zero attached hydrogens (tertiary/aromatic N) is 1. The number of benzene rings is 1. The minimum Gasteiger partial charge on any atom is -0.387 e. The SMILES string of the molecule is CCCC(C#N)C(O)c1ccc(C)cc1C. The fourth-order valence-electron chi connectivity index (χ4n) is 1.98. The van der Waals surface area contributed by atoms with Crippen LogP contribution in [0, 0.1) is 31.1 Å². The van der Waals surface area contributed by atoms with Gasteiger partial charge in [0, 0.05) is 0 Å². The molecule has 0 saturated carbocycles. The maximum atomic E-state index is 10.2. The van der Waals surface area contributed by atoms with Crippen LogP contribution in [0.1, 0.15) is 42.6 Å². The van der Waals surface area contributed by atoms with Gasteiger partial charge in [0.05, 0.1) is 18.1 Å². The summed E-state index contributed by atoms with van der Waals surface area (Å²) in [7, 11) is 0. The highest BCUT2D eigenvalue weighted by atomic mass is 16.3. The number of aliphatic hydroxyl groups is 1. The molecule has 0 fully saturated rings. The van der Waals surface area contributed by atoms with E-state index in [1.54, 1.807) is 0 Å². The first-order valence-electron chi connectivity index (χ1n) is 5.75. The summed E-state index contributed by atoms with van der Waals surface area (Å²) in [5, 5.41) is 19.2. The Labute approximate surface area is 97.5 Å². The molecule has 0 heterocycles. The second kappa shape index (κ2) is 5.67. The number of hydrogen-bond acceptors (Lipinski definition) is 2. The Morgan fingerprint density at radius 1 is 1.38 bits per heavy atom. The highest BCUT2D eigenvalue weighted by Crippen LogP contribution is 2.28. The molecule has 0 aromatic heterocycles. The van der Waals surface area contributed by atoms with Crippen molar-refractivity contribution in [3.63, 3.8) is 0 Å². The van der Waals surface area contributed by atoms with Gasteiger partial charge in [-0.3, -0.25) is 0 Å². The first kappa shape index (κ1) is 12.7. The standard InChI is InChI=1S/C14H19NO/c1-4-5-12(9-15)14(16)13-7-6-10(2)8-11(13)3/h6-8,12,14,16H,4-5H2,1-3H3. The zero-order valence-electron chi connectivity index (χ0n) is 10.2. The van der Waals surface area contributed by atoms with Crippen LogP contribution in [-0.2, 0) is 0 Å². The Balaban J connectivity index is 2.95. The Hall–Kier alpha value is -1.33. The van der Waals surface area contributed by atoms with Crippen LogP contribution in [0.25, 0.3) is 0 Å². The number of aryl methyl sites for hydroxylation is 2. The van der Waals surface area contributed by atoms with Gasteiger partial charge in [0.2, 0.25) is 0 Å². The summed E-state index contributed by atoms with van der Waals surface area (Å²) in [6, 6.07) is 8.14. The van der Waals surface area contributed by atoms with Gasteiger partial charge in [-0.2, -0.15) is 5.26 Å². The Kier molecular flexibility index (Phi) is 4.52. The average molecular weight is 217 g/mol. The van der Waals surface area contributed by atoms with Gasteiger partial charge in [-0.05, 0) is 31.4 Å². The molecule has 1 aromatic rings. The fourth-order valence-corrected chi connectivity index (χ4v) is 1.98. The van der Waals surface area contributed by atoms with Crippen molar-refractivity contribution in [2.75, 3.05) is 0 Å². The number of hydrogen-bond donors (Lipinski definition) is 1. The predicted molar refractivity (Wildman–Crippen MR) is 64.9 cm³/mol. The summed E-state index contributed by atoms with van der Waals surface area (Å²) in [6.45, 7) is 6.03. The van der Waals surface area contributed by atoms with Crippen molar-refractivity contribution in [1.82, 2.24) is 0 Å². The molecule has 0 radical (unpaired) electrons. The molecular formula is C14H19NO. The lowest BCUT2D eigenvalue weighted by atomic mass is 9.90. The van der Waals surface area contributed by atoms with Gasteiger partial charge in [-0.1, -0.05) is 37.1 Å². The molecule has 0 spiro atoms. The molecule has 1 N–H and O–H groups in total. The van der Waals surface area contributed by atoms with E-state index in [2.05, 4.69) is 6.07 Å². The highest BCUT2D eigenvalue weighted by molar-refractivity contribution is 5.32. The van der Waals surface area contributed by atoms with Crippen LogP contribution < -0.4 is 0 Å². The second-order valence-corrected chi connectivity index (χ2v) is 4.33. The Morgan fingerprint density at radius 3 is 2.56 bits per heavy atom.